The molecule has 0 aromatic heterocycles. The Balaban J connectivity index is 2.21. The van der Waals surface area contributed by atoms with E-state index in [0.717, 1.165) is 12.0 Å². The minimum atomic E-state index is 0.162. The highest BCUT2D eigenvalue weighted by Crippen LogP contribution is 2.37. The van der Waals surface area contributed by atoms with Crippen molar-refractivity contribution in [2.24, 2.45) is 0 Å². The maximum Gasteiger partial charge on any atom is 0.198 e. The number of benzene rings is 1. The first-order valence-corrected chi connectivity index (χ1v) is 4.83. The first-order chi connectivity index (χ1) is 6.86. The molecule has 1 aromatic carbocycles. The van der Waals surface area contributed by atoms with Crippen molar-refractivity contribution in [1.82, 2.24) is 0 Å². The van der Waals surface area contributed by atoms with Crippen LogP contribution in [0.1, 0.15) is 24.0 Å². The molecule has 70 valence electrons. The van der Waals surface area contributed by atoms with Gasteiger partial charge in [0.2, 0.25) is 0 Å². The van der Waals surface area contributed by atoms with Crippen LogP contribution in [0.2, 0.25) is 0 Å². The third-order valence-corrected chi connectivity index (χ3v) is 2.84. The summed E-state index contributed by atoms with van der Waals surface area (Å²) in [5, 5.41) is 0. The zero-order chi connectivity index (χ0) is 9.54. The smallest absolute Gasteiger partial charge is 0.198 e. The predicted octanol–water partition coefficient (Wildman–Crippen LogP) is 2.29. The monoisotopic (exact) mass is 186 g/mol. The van der Waals surface area contributed by atoms with Crippen LogP contribution in [0.4, 0.5) is 0 Å². The zero-order valence-electron chi connectivity index (χ0n) is 7.75. The van der Waals surface area contributed by atoms with Crippen LogP contribution in [0.3, 0.4) is 0 Å². The Kier molecular flexibility index (Phi) is 1.51. The average molecular weight is 186 g/mol. The number of rotatable bonds is 0. The molecule has 1 aliphatic carbocycles. The number of ether oxygens (including phenoxy) is 1. The average Bonchev–Trinajstić information content (AvgIpc) is 2.61. The summed E-state index contributed by atoms with van der Waals surface area (Å²) in [7, 11) is 0. The van der Waals surface area contributed by atoms with Gasteiger partial charge in [-0.25, -0.2) is 0 Å². The molecular formula is C12H10O2. The number of Topliss-reactive ketones (excluding diaryl/α,β-unsaturated/α-hetero) is 1. The van der Waals surface area contributed by atoms with Crippen molar-refractivity contribution in [3.8, 4) is 0 Å². The normalized spacial score (nSPS) is 19.0. The summed E-state index contributed by atoms with van der Waals surface area (Å²) < 4.78 is 5.47. The third-order valence-electron chi connectivity index (χ3n) is 2.84. The highest BCUT2D eigenvalue weighted by atomic mass is 16.5. The molecule has 0 radical (unpaired) electrons. The molecule has 0 atom stereocenters. The lowest BCUT2D eigenvalue weighted by Crippen LogP contribution is -2.08. The summed E-state index contributed by atoms with van der Waals surface area (Å²) in [5.41, 5.74) is 3.51. The molecule has 14 heavy (non-hydrogen) atoms. The van der Waals surface area contributed by atoms with Gasteiger partial charge >= 0.3 is 0 Å². The van der Waals surface area contributed by atoms with Crippen molar-refractivity contribution in [2.45, 2.75) is 19.4 Å². The predicted molar refractivity (Wildman–Crippen MR) is 52.4 cm³/mol. The second-order valence-corrected chi connectivity index (χ2v) is 3.68. The minimum absolute atomic E-state index is 0.162. The Morgan fingerprint density at radius 2 is 2.00 bits per heavy atom. The van der Waals surface area contributed by atoms with Crippen LogP contribution in [0, 0.1) is 0 Å². The van der Waals surface area contributed by atoms with E-state index in [0.29, 0.717) is 18.8 Å². The highest BCUT2D eigenvalue weighted by Gasteiger charge is 2.29. The molecule has 1 heterocycles. The summed E-state index contributed by atoms with van der Waals surface area (Å²) in [6.07, 6.45) is 1.45. The lowest BCUT2D eigenvalue weighted by Gasteiger charge is -2.18. The van der Waals surface area contributed by atoms with Gasteiger partial charge in [-0.15, -0.1) is 0 Å². The number of fused-ring (bicyclic) bond motifs is 2. The Morgan fingerprint density at radius 1 is 1.14 bits per heavy atom. The summed E-state index contributed by atoms with van der Waals surface area (Å²) >= 11 is 0. The van der Waals surface area contributed by atoms with Crippen LogP contribution < -0.4 is 0 Å². The maximum absolute atomic E-state index is 11.4. The summed E-state index contributed by atoms with van der Waals surface area (Å²) in [5.74, 6) is 0.776. The largest absolute Gasteiger partial charge is 0.485 e. The topological polar surface area (TPSA) is 26.3 Å². The van der Waals surface area contributed by atoms with Crippen LogP contribution in [0.25, 0.3) is 5.57 Å². The lowest BCUT2D eigenvalue weighted by atomic mass is 9.98. The van der Waals surface area contributed by atoms with Crippen LogP contribution >= 0.6 is 0 Å². The van der Waals surface area contributed by atoms with E-state index < -0.39 is 0 Å². The molecule has 0 N–H and O–H groups in total. The molecule has 0 saturated heterocycles. The molecule has 0 spiro atoms. The molecular weight excluding hydrogens is 176 g/mol. The van der Waals surface area contributed by atoms with E-state index in [1.807, 2.05) is 12.1 Å². The Bertz CT molecular complexity index is 443. The first-order valence-electron chi connectivity index (χ1n) is 4.83. The number of hydrogen-bond acceptors (Lipinski definition) is 2. The van der Waals surface area contributed by atoms with Gasteiger partial charge in [-0.05, 0) is 17.5 Å². The quantitative estimate of drug-likeness (QED) is 0.621. The Hall–Kier alpha value is -1.57. The number of hydrogen-bond donors (Lipinski definition) is 0. The van der Waals surface area contributed by atoms with Gasteiger partial charge in [0, 0.05) is 12.0 Å². The van der Waals surface area contributed by atoms with Gasteiger partial charge in [-0.1, -0.05) is 24.3 Å². The number of allylic oxidation sites excluding steroid dienone is 2. The van der Waals surface area contributed by atoms with Crippen molar-refractivity contribution >= 4 is 11.4 Å². The van der Waals surface area contributed by atoms with E-state index in [4.69, 9.17) is 4.74 Å². The highest BCUT2D eigenvalue weighted by molar-refractivity contribution is 6.06. The van der Waals surface area contributed by atoms with Gasteiger partial charge in [-0.2, -0.15) is 0 Å². The fourth-order valence-electron chi connectivity index (χ4n) is 2.15. The van der Waals surface area contributed by atoms with Crippen molar-refractivity contribution in [3.63, 3.8) is 0 Å². The van der Waals surface area contributed by atoms with Crippen molar-refractivity contribution in [1.29, 1.82) is 0 Å². The third kappa shape index (κ3) is 0.939. The molecule has 0 unspecified atom stereocenters. The van der Waals surface area contributed by atoms with E-state index in [-0.39, 0.29) is 5.78 Å². The minimum Gasteiger partial charge on any atom is -0.485 e. The SMILES string of the molecule is O=C1CCC2=C1OCc1ccccc12. The molecule has 2 nitrogen and oxygen atoms in total. The molecule has 0 amide bonds. The Morgan fingerprint density at radius 3 is 2.93 bits per heavy atom. The lowest BCUT2D eigenvalue weighted by molar-refractivity contribution is -0.118. The number of carbonyl (C=O) groups excluding carboxylic acids is 1. The van der Waals surface area contributed by atoms with Gasteiger partial charge < -0.3 is 4.74 Å². The fourth-order valence-corrected chi connectivity index (χ4v) is 2.15. The van der Waals surface area contributed by atoms with Gasteiger partial charge in [0.1, 0.15) is 6.61 Å². The standard InChI is InChI=1S/C12H10O2/c13-11-6-5-10-9-4-2-1-3-8(9)7-14-12(10)11/h1-4H,5-7H2. The van der Waals surface area contributed by atoms with Crippen LogP contribution in [0.5, 0.6) is 0 Å². The number of ketones is 1. The molecule has 0 bridgehead atoms. The fraction of sp³-hybridized carbons (Fsp3) is 0.250. The summed E-state index contributed by atoms with van der Waals surface area (Å²) in [6, 6.07) is 8.15. The van der Waals surface area contributed by atoms with E-state index in [1.54, 1.807) is 0 Å². The van der Waals surface area contributed by atoms with E-state index in [9.17, 15) is 4.79 Å². The molecule has 0 fully saturated rings. The molecule has 2 aliphatic rings. The van der Waals surface area contributed by atoms with E-state index in [1.165, 1.54) is 11.1 Å². The van der Waals surface area contributed by atoms with E-state index >= 15 is 0 Å². The Labute approximate surface area is 82.2 Å². The zero-order valence-corrected chi connectivity index (χ0v) is 7.75. The van der Waals surface area contributed by atoms with Crippen molar-refractivity contribution in [3.05, 3.63) is 41.2 Å². The summed E-state index contributed by atoms with van der Waals surface area (Å²) in [6.45, 7) is 0.542. The van der Waals surface area contributed by atoms with E-state index in [2.05, 4.69) is 12.1 Å². The molecule has 3 rings (SSSR count). The molecule has 2 heteroatoms. The van der Waals surface area contributed by atoms with Gasteiger partial charge in [0.05, 0.1) is 0 Å². The second-order valence-electron chi connectivity index (χ2n) is 3.68. The molecule has 1 aliphatic heterocycles. The maximum atomic E-state index is 11.4. The molecule has 0 saturated carbocycles. The van der Waals surface area contributed by atoms with Crippen LogP contribution in [-0.2, 0) is 16.1 Å². The summed E-state index contributed by atoms with van der Waals surface area (Å²) in [4.78, 5) is 11.4. The van der Waals surface area contributed by atoms with Gasteiger partial charge in [0.25, 0.3) is 0 Å². The van der Waals surface area contributed by atoms with Crippen LogP contribution in [0.15, 0.2) is 30.0 Å². The van der Waals surface area contributed by atoms with Crippen molar-refractivity contribution < 1.29 is 9.53 Å². The van der Waals surface area contributed by atoms with Gasteiger partial charge in [0.15, 0.2) is 11.5 Å². The first kappa shape index (κ1) is 7.80. The van der Waals surface area contributed by atoms with Gasteiger partial charge in [-0.3, -0.25) is 4.79 Å². The molecule has 1 aromatic rings. The number of carbonyl (C=O) groups is 1. The second kappa shape index (κ2) is 2.71. The van der Waals surface area contributed by atoms with Crippen molar-refractivity contribution in [2.75, 3.05) is 0 Å². The van der Waals surface area contributed by atoms with Crippen LogP contribution in [-0.4, -0.2) is 5.78 Å².